The van der Waals surface area contributed by atoms with E-state index < -0.39 is 5.97 Å². The van der Waals surface area contributed by atoms with Gasteiger partial charge in [0, 0.05) is 6.42 Å². The molecule has 2 aromatic heterocycles. The van der Waals surface area contributed by atoms with Gasteiger partial charge >= 0.3 is 5.97 Å². The molecule has 0 unspecified atom stereocenters. The van der Waals surface area contributed by atoms with Crippen molar-refractivity contribution in [1.29, 1.82) is 0 Å². The number of nitrogens with zero attached hydrogens (tertiary/aromatic N) is 5. The summed E-state index contributed by atoms with van der Waals surface area (Å²) in [5.41, 5.74) is 0.751. The standard InChI is InChI=1S/C7H8N6O2/c14-7(15)5-3-8-10-6(5)1-2-13-4-9-11-12-13/h3-4H,1-2H2,(H,8,10)(H,14,15). The quantitative estimate of drug-likeness (QED) is 0.690. The summed E-state index contributed by atoms with van der Waals surface area (Å²) in [6.45, 7) is 0.509. The lowest BCUT2D eigenvalue weighted by Crippen LogP contribution is -2.06. The predicted octanol–water partition coefficient (Wildman–Crippen LogP) is -0.663. The maximum atomic E-state index is 10.7. The van der Waals surface area contributed by atoms with Crippen LogP contribution < -0.4 is 0 Å². The zero-order chi connectivity index (χ0) is 10.7. The molecule has 0 amide bonds. The van der Waals surface area contributed by atoms with Crippen LogP contribution in [0.25, 0.3) is 0 Å². The van der Waals surface area contributed by atoms with Crippen molar-refractivity contribution < 1.29 is 9.90 Å². The lowest BCUT2D eigenvalue weighted by molar-refractivity contribution is 0.0695. The van der Waals surface area contributed by atoms with Crippen LogP contribution in [0.5, 0.6) is 0 Å². The molecule has 0 atom stereocenters. The van der Waals surface area contributed by atoms with Gasteiger partial charge in [-0.05, 0) is 10.4 Å². The fourth-order valence-corrected chi connectivity index (χ4v) is 1.20. The number of H-pyrrole nitrogens is 1. The van der Waals surface area contributed by atoms with Crippen molar-refractivity contribution in [2.24, 2.45) is 0 Å². The highest BCUT2D eigenvalue weighted by atomic mass is 16.4. The molecule has 8 nitrogen and oxygen atoms in total. The van der Waals surface area contributed by atoms with Crippen molar-refractivity contribution in [1.82, 2.24) is 30.4 Å². The van der Waals surface area contributed by atoms with E-state index in [1.54, 1.807) is 0 Å². The van der Waals surface area contributed by atoms with Crippen LogP contribution in [-0.4, -0.2) is 41.5 Å². The van der Waals surface area contributed by atoms with Gasteiger partial charge in [0.05, 0.1) is 18.4 Å². The first-order chi connectivity index (χ1) is 7.27. The lowest BCUT2D eigenvalue weighted by atomic mass is 10.2. The van der Waals surface area contributed by atoms with Crippen molar-refractivity contribution in [3.8, 4) is 0 Å². The molecule has 78 valence electrons. The molecule has 2 N–H and O–H groups in total. The number of tetrazole rings is 1. The van der Waals surface area contributed by atoms with E-state index in [2.05, 4.69) is 25.7 Å². The molecule has 0 aliphatic heterocycles. The number of hydrogen-bond donors (Lipinski definition) is 2. The molecular weight excluding hydrogens is 200 g/mol. The molecule has 0 bridgehead atoms. The zero-order valence-corrected chi connectivity index (χ0v) is 7.66. The van der Waals surface area contributed by atoms with Gasteiger partial charge in [-0.2, -0.15) is 5.10 Å². The smallest absolute Gasteiger partial charge is 0.339 e. The third-order valence-corrected chi connectivity index (χ3v) is 1.93. The van der Waals surface area contributed by atoms with E-state index in [0.717, 1.165) is 0 Å². The summed E-state index contributed by atoms with van der Waals surface area (Å²) in [5.74, 6) is -0.990. The van der Waals surface area contributed by atoms with Gasteiger partial charge < -0.3 is 5.11 Å². The number of carboxylic acid groups (broad SMARTS) is 1. The number of aryl methyl sites for hydroxylation is 2. The first-order valence-electron chi connectivity index (χ1n) is 4.23. The van der Waals surface area contributed by atoms with E-state index in [1.165, 1.54) is 17.2 Å². The Morgan fingerprint density at radius 3 is 3.13 bits per heavy atom. The summed E-state index contributed by atoms with van der Waals surface area (Å²) in [4.78, 5) is 10.7. The maximum absolute atomic E-state index is 10.7. The molecule has 0 radical (unpaired) electrons. The molecule has 0 spiro atoms. The van der Waals surface area contributed by atoms with Gasteiger partial charge in [-0.1, -0.05) is 0 Å². The summed E-state index contributed by atoms with van der Waals surface area (Å²) in [6, 6.07) is 0. The Kier molecular flexibility index (Phi) is 2.40. The van der Waals surface area contributed by atoms with Crippen molar-refractivity contribution in [3.63, 3.8) is 0 Å². The number of carbonyl (C=O) groups is 1. The van der Waals surface area contributed by atoms with Crippen LogP contribution in [0.2, 0.25) is 0 Å². The number of aromatic amines is 1. The zero-order valence-electron chi connectivity index (χ0n) is 7.66. The second kappa shape index (κ2) is 3.86. The summed E-state index contributed by atoms with van der Waals surface area (Å²) < 4.78 is 1.52. The summed E-state index contributed by atoms with van der Waals surface area (Å²) in [6.07, 6.45) is 3.25. The van der Waals surface area contributed by atoms with E-state index in [0.29, 0.717) is 18.7 Å². The molecule has 2 aromatic rings. The van der Waals surface area contributed by atoms with Crippen LogP contribution in [0, 0.1) is 0 Å². The fraction of sp³-hybridized carbons (Fsp3) is 0.286. The summed E-state index contributed by atoms with van der Waals surface area (Å²) >= 11 is 0. The van der Waals surface area contributed by atoms with Gasteiger partial charge in [0.2, 0.25) is 0 Å². The van der Waals surface area contributed by atoms with Gasteiger partial charge in [-0.3, -0.25) is 5.10 Å². The number of aromatic carboxylic acids is 1. The highest BCUT2D eigenvalue weighted by Gasteiger charge is 2.11. The minimum Gasteiger partial charge on any atom is -0.478 e. The monoisotopic (exact) mass is 208 g/mol. The molecule has 0 saturated heterocycles. The Morgan fingerprint density at radius 1 is 1.60 bits per heavy atom. The van der Waals surface area contributed by atoms with E-state index in [9.17, 15) is 4.79 Å². The molecule has 0 saturated carbocycles. The highest BCUT2D eigenvalue weighted by molar-refractivity contribution is 5.88. The first-order valence-corrected chi connectivity index (χ1v) is 4.23. The van der Waals surface area contributed by atoms with Crippen LogP contribution in [0.15, 0.2) is 12.5 Å². The van der Waals surface area contributed by atoms with Gasteiger partial charge in [0.1, 0.15) is 11.9 Å². The van der Waals surface area contributed by atoms with Gasteiger partial charge in [-0.15, -0.1) is 5.10 Å². The first kappa shape index (κ1) is 9.31. The number of rotatable bonds is 4. The molecule has 0 aliphatic rings. The second-order valence-electron chi connectivity index (χ2n) is 2.89. The van der Waals surface area contributed by atoms with Gasteiger partial charge in [-0.25, -0.2) is 9.48 Å². The van der Waals surface area contributed by atoms with Gasteiger partial charge in [0.15, 0.2) is 0 Å². The van der Waals surface area contributed by atoms with E-state index in [4.69, 9.17) is 5.11 Å². The summed E-state index contributed by atoms with van der Waals surface area (Å²) in [5, 5.41) is 25.7. The maximum Gasteiger partial charge on any atom is 0.339 e. The molecule has 0 fully saturated rings. The second-order valence-corrected chi connectivity index (χ2v) is 2.89. The molecular formula is C7H8N6O2. The normalized spacial score (nSPS) is 10.4. The number of hydrogen-bond acceptors (Lipinski definition) is 5. The Hall–Kier alpha value is -2.25. The average Bonchev–Trinajstić information content (AvgIpc) is 2.86. The molecule has 2 rings (SSSR count). The molecule has 2 heterocycles. The third kappa shape index (κ3) is 1.98. The van der Waals surface area contributed by atoms with Crippen LogP contribution in [0.1, 0.15) is 16.1 Å². The topological polar surface area (TPSA) is 110 Å². The number of nitrogens with one attached hydrogen (secondary N) is 1. The largest absolute Gasteiger partial charge is 0.478 e. The van der Waals surface area contributed by atoms with Crippen molar-refractivity contribution in [2.45, 2.75) is 13.0 Å². The lowest BCUT2D eigenvalue weighted by Gasteiger charge is -1.98. The van der Waals surface area contributed by atoms with Crippen LogP contribution in [-0.2, 0) is 13.0 Å². The Morgan fingerprint density at radius 2 is 2.47 bits per heavy atom. The Labute approximate surface area is 83.9 Å². The molecule has 15 heavy (non-hydrogen) atoms. The Bertz CT molecular complexity index is 448. The molecule has 0 aromatic carbocycles. The highest BCUT2D eigenvalue weighted by Crippen LogP contribution is 2.05. The average molecular weight is 208 g/mol. The molecule has 0 aliphatic carbocycles. The van der Waals surface area contributed by atoms with Crippen LogP contribution >= 0.6 is 0 Å². The van der Waals surface area contributed by atoms with Crippen molar-refractivity contribution >= 4 is 5.97 Å². The van der Waals surface area contributed by atoms with E-state index in [1.807, 2.05) is 0 Å². The SMILES string of the molecule is O=C(O)c1cn[nH]c1CCn1cnnn1. The predicted molar refractivity (Wildman–Crippen MR) is 47.1 cm³/mol. The third-order valence-electron chi connectivity index (χ3n) is 1.93. The minimum absolute atomic E-state index is 0.183. The van der Waals surface area contributed by atoms with E-state index >= 15 is 0 Å². The summed E-state index contributed by atoms with van der Waals surface area (Å²) in [7, 11) is 0. The fourth-order valence-electron chi connectivity index (χ4n) is 1.20. The minimum atomic E-state index is -0.990. The number of aromatic nitrogens is 6. The van der Waals surface area contributed by atoms with Crippen LogP contribution in [0.3, 0.4) is 0 Å². The van der Waals surface area contributed by atoms with E-state index in [-0.39, 0.29) is 5.56 Å². The van der Waals surface area contributed by atoms with Gasteiger partial charge in [0.25, 0.3) is 0 Å². The molecule has 8 heteroatoms. The Balaban J connectivity index is 2.05. The number of carboxylic acids is 1. The van der Waals surface area contributed by atoms with Crippen molar-refractivity contribution in [2.75, 3.05) is 0 Å². The van der Waals surface area contributed by atoms with Crippen molar-refractivity contribution in [3.05, 3.63) is 23.8 Å². The van der Waals surface area contributed by atoms with Crippen LogP contribution in [0.4, 0.5) is 0 Å².